The Morgan fingerprint density at radius 3 is 2.52 bits per heavy atom. The highest BCUT2D eigenvalue weighted by atomic mass is 16.6. The van der Waals surface area contributed by atoms with Crippen molar-refractivity contribution in [2.24, 2.45) is 0 Å². The molecule has 23 heavy (non-hydrogen) atoms. The zero-order valence-electron chi connectivity index (χ0n) is 14.8. The minimum Gasteiger partial charge on any atom is -0.484 e. The van der Waals surface area contributed by atoms with Crippen LogP contribution in [0.15, 0.2) is 18.2 Å². The van der Waals surface area contributed by atoms with E-state index in [0.29, 0.717) is 17.8 Å². The van der Waals surface area contributed by atoms with Gasteiger partial charge in [0.15, 0.2) is 5.75 Å². The van der Waals surface area contributed by atoms with E-state index >= 15 is 0 Å². The molecule has 1 aliphatic rings. The molecule has 0 spiro atoms. The Hall–Kier alpha value is -1.88. The molecule has 0 fully saturated rings. The third kappa shape index (κ3) is 3.72. The minimum absolute atomic E-state index is 0.0366. The van der Waals surface area contributed by atoms with Crippen molar-refractivity contribution in [3.63, 3.8) is 0 Å². The fourth-order valence-electron chi connectivity index (χ4n) is 3.05. The summed E-state index contributed by atoms with van der Waals surface area (Å²) in [5.41, 5.74) is 3.25. The molecular weight excluding hydrogens is 292 g/mol. The van der Waals surface area contributed by atoms with E-state index in [4.69, 9.17) is 4.74 Å². The zero-order valence-corrected chi connectivity index (χ0v) is 14.8. The van der Waals surface area contributed by atoms with E-state index in [1.54, 1.807) is 6.07 Å². The topological polar surface area (TPSA) is 55.6 Å². The summed E-state index contributed by atoms with van der Waals surface area (Å²) in [6.07, 6.45) is 3.07. The molecule has 0 aliphatic carbocycles. The number of aryl methyl sites for hydroxylation is 1. The summed E-state index contributed by atoms with van der Waals surface area (Å²) in [6.45, 7) is 10.1. The van der Waals surface area contributed by atoms with Crippen molar-refractivity contribution in [1.82, 2.24) is 4.90 Å². The summed E-state index contributed by atoms with van der Waals surface area (Å²) in [4.78, 5) is 13.3. The van der Waals surface area contributed by atoms with Gasteiger partial charge in [0.2, 0.25) is 0 Å². The summed E-state index contributed by atoms with van der Waals surface area (Å²) < 4.78 is 5.69. The van der Waals surface area contributed by atoms with Gasteiger partial charge in [-0.05, 0) is 70.9 Å². The SMILES string of the molecule is Cc1cc([N+](=O)[O-])c(OC(C)C)cc1C1=C[C@H](C)N(C)[C@H](C)C1. The second-order valence-corrected chi connectivity index (χ2v) is 6.71. The Morgan fingerprint density at radius 2 is 2.00 bits per heavy atom. The Labute approximate surface area is 138 Å². The molecule has 1 aromatic carbocycles. The molecule has 0 aromatic heterocycles. The molecule has 1 aromatic rings. The normalized spacial score (nSPS) is 22.1. The van der Waals surface area contributed by atoms with Crippen molar-refractivity contribution in [2.75, 3.05) is 7.05 Å². The monoisotopic (exact) mass is 318 g/mol. The first-order valence-electron chi connectivity index (χ1n) is 8.09. The van der Waals surface area contributed by atoms with Crippen LogP contribution in [0, 0.1) is 17.0 Å². The van der Waals surface area contributed by atoms with Crippen LogP contribution in [-0.4, -0.2) is 35.1 Å². The van der Waals surface area contributed by atoms with Crippen molar-refractivity contribution in [3.05, 3.63) is 39.4 Å². The maximum atomic E-state index is 11.3. The van der Waals surface area contributed by atoms with Crippen LogP contribution in [-0.2, 0) is 0 Å². The second-order valence-electron chi connectivity index (χ2n) is 6.71. The van der Waals surface area contributed by atoms with Crippen LogP contribution in [0.5, 0.6) is 5.75 Å². The van der Waals surface area contributed by atoms with Gasteiger partial charge in [-0.3, -0.25) is 15.0 Å². The molecule has 5 heteroatoms. The predicted molar refractivity (Wildman–Crippen MR) is 92.9 cm³/mol. The minimum atomic E-state index is -0.372. The molecule has 2 atom stereocenters. The molecule has 0 N–H and O–H groups in total. The standard InChI is InChI=1S/C18H26N2O3/c1-11(2)23-18-10-16(12(3)7-17(18)20(21)22)15-8-13(4)19(6)14(5)9-15/h7-8,10-11,13-14H,9H2,1-6H3/t13-,14+/m0/s1. The molecule has 0 saturated heterocycles. The molecule has 0 amide bonds. The molecule has 2 rings (SSSR count). The number of rotatable bonds is 4. The van der Waals surface area contributed by atoms with Gasteiger partial charge < -0.3 is 4.74 Å². The van der Waals surface area contributed by atoms with E-state index in [1.165, 1.54) is 5.57 Å². The van der Waals surface area contributed by atoms with Gasteiger partial charge in [-0.2, -0.15) is 0 Å². The average molecular weight is 318 g/mol. The lowest BCUT2D eigenvalue weighted by atomic mass is 9.89. The molecule has 0 unspecified atom stereocenters. The number of nitro benzene ring substituents is 1. The predicted octanol–water partition coefficient (Wildman–Crippen LogP) is 4.19. The van der Waals surface area contributed by atoms with Crippen molar-refractivity contribution in [3.8, 4) is 5.75 Å². The third-order valence-corrected chi connectivity index (χ3v) is 4.51. The van der Waals surface area contributed by atoms with E-state index < -0.39 is 0 Å². The van der Waals surface area contributed by atoms with E-state index in [2.05, 4.69) is 31.9 Å². The van der Waals surface area contributed by atoms with E-state index in [1.807, 2.05) is 26.8 Å². The van der Waals surface area contributed by atoms with Crippen molar-refractivity contribution in [1.29, 1.82) is 0 Å². The first kappa shape index (κ1) is 17.5. The van der Waals surface area contributed by atoms with Gasteiger partial charge in [-0.1, -0.05) is 6.08 Å². The Kier molecular flexibility index (Phi) is 5.09. The number of hydrogen-bond donors (Lipinski definition) is 0. The summed E-state index contributed by atoms with van der Waals surface area (Å²) in [6, 6.07) is 4.25. The number of hydrogen-bond acceptors (Lipinski definition) is 4. The van der Waals surface area contributed by atoms with Crippen LogP contribution >= 0.6 is 0 Å². The molecule has 1 aliphatic heterocycles. The fraction of sp³-hybridized carbons (Fsp3) is 0.556. The largest absolute Gasteiger partial charge is 0.484 e. The Balaban J connectivity index is 2.51. The Morgan fingerprint density at radius 1 is 1.35 bits per heavy atom. The number of nitro groups is 1. The van der Waals surface area contributed by atoms with Crippen LogP contribution in [0.4, 0.5) is 5.69 Å². The van der Waals surface area contributed by atoms with Gasteiger partial charge in [0.25, 0.3) is 0 Å². The summed E-state index contributed by atoms with van der Waals surface area (Å²) in [5, 5.41) is 11.3. The van der Waals surface area contributed by atoms with E-state index in [9.17, 15) is 10.1 Å². The summed E-state index contributed by atoms with van der Waals surface area (Å²) in [7, 11) is 2.12. The third-order valence-electron chi connectivity index (χ3n) is 4.51. The van der Waals surface area contributed by atoms with Crippen LogP contribution in [0.25, 0.3) is 5.57 Å². The molecule has 0 radical (unpaired) electrons. The van der Waals surface area contributed by atoms with E-state index in [-0.39, 0.29) is 16.7 Å². The van der Waals surface area contributed by atoms with Crippen molar-refractivity contribution >= 4 is 11.3 Å². The van der Waals surface area contributed by atoms with Gasteiger partial charge in [-0.25, -0.2) is 0 Å². The fourth-order valence-corrected chi connectivity index (χ4v) is 3.05. The lowest BCUT2D eigenvalue weighted by Crippen LogP contribution is -2.39. The quantitative estimate of drug-likeness (QED) is 0.617. The lowest BCUT2D eigenvalue weighted by molar-refractivity contribution is -0.386. The number of likely N-dealkylation sites (N-methyl/N-ethyl adjacent to an activating group) is 1. The molecule has 0 bridgehead atoms. The van der Waals surface area contributed by atoms with Crippen LogP contribution in [0.1, 0.15) is 45.2 Å². The Bertz CT molecular complexity index is 637. The van der Waals surface area contributed by atoms with E-state index in [0.717, 1.165) is 17.5 Å². The highest BCUT2D eigenvalue weighted by molar-refractivity contribution is 5.73. The van der Waals surface area contributed by atoms with Gasteiger partial charge in [0, 0.05) is 18.2 Å². The van der Waals surface area contributed by atoms with Gasteiger partial charge >= 0.3 is 5.69 Å². The average Bonchev–Trinajstić information content (AvgIpc) is 2.45. The number of ether oxygens (including phenoxy) is 1. The number of benzene rings is 1. The molecule has 126 valence electrons. The summed E-state index contributed by atoms with van der Waals surface area (Å²) >= 11 is 0. The highest BCUT2D eigenvalue weighted by Gasteiger charge is 2.25. The molecule has 0 saturated carbocycles. The molecule has 5 nitrogen and oxygen atoms in total. The van der Waals surface area contributed by atoms with Crippen molar-refractivity contribution in [2.45, 2.75) is 59.2 Å². The summed E-state index contributed by atoms with van der Waals surface area (Å²) in [5.74, 6) is 0.353. The van der Waals surface area contributed by atoms with Gasteiger partial charge in [0.05, 0.1) is 11.0 Å². The van der Waals surface area contributed by atoms with Crippen LogP contribution in [0.2, 0.25) is 0 Å². The van der Waals surface area contributed by atoms with Crippen LogP contribution in [0.3, 0.4) is 0 Å². The van der Waals surface area contributed by atoms with Gasteiger partial charge in [0.1, 0.15) is 0 Å². The van der Waals surface area contributed by atoms with Gasteiger partial charge in [-0.15, -0.1) is 0 Å². The maximum absolute atomic E-state index is 11.3. The first-order chi connectivity index (χ1) is 10.7. The molecular formula is C18H26N2O3. The second kappa shape index (κ2) is 6.71. The van der Waals surface area contributed by atoms with Crippen molar-refractivity contribution < 1.29 is 9.66 Å². The smallest absolute Gasteiger partial charge is 0.311 e. The molecule has 1 heterocycles. The van der Waals surface area contributed by atoms with Crippen LogP contribution < -0.4 is 4.74 Å². The highest BCUT2D eigenvalue weighted by Crippen LogP contribution is 2.37. The number of nitrogens with zero attached hydrogens (tertiary/aromatic N) is 2. The first-order valence-corrected chi connectivity index (χ1v) is 8.09. The lowest BCUT2D eigenvalue weighted by Gasteiger charge is -2.35. The zero-order chi connectivity index (χ0) is 17.3. The maximum Gasteiger partial charge on any atom is 0.311 e.